The fraction of sp³-hybridized carbons (Fsp3) is 0.850. The van der Waals surface area contributed by atoms with Crippen LogP contribution in [0.5, 0.6) is 0 Å². The number of hydrogen-bond donors (Lipinski definition) is 0. The molecule has 156 valence electrons. The highest BCUT2D eigenvalue weighted by Gasteiger charge is 2.70. The van der Waals surface area contributed by atoms with Gasteiger partial charge in [0.25, 0.3) is 0 Å². The average Bonchev–Trinajstić information content (AvgIpc) is 3.31. The minimum absolute atomic E-state index is 0.133. The maximum Gasteiger partial charge on any atom is 0.377 e. The molecule has 1 heterocycles. The zero-order chi connectivity index (χ0) is 20.4. The molecule has 3 aliphatic carbocycles. The molecule has 6 atom stereocenters. The SMILES string of the molecule is CC(C)C1(OC(=O)C2C3CC4C(OC(=O)C42)C3OC(=O)C(C)(F)F)CCCC1. The van der Waals surface area contributed by atoms with E-state index in [0.29, 0.717) is 13.3 Å². The number of alkyl halides is 2. The molecule has 4 aliphatic rings. The zero-order valence-electron chi connectivity index (χ0n) is 16.3. The van der Waals surface area contributed by atoms with Crippen LogP contribution in [0.3, 0.4) is 0 Å². The van der Waals surface area contributed by atoms with Gasteiger partial charge in [-0.3, -0.25) is 9.59 Å². The van der Waals surface area contributed by atoms with Crippen molar-refractivity contribution in [3.8, 4) is 0 Å². The smallest absolute Gasteiger partial charge is 0.377 e. The molecule has 1 aliphatic heterocycles. The molecule has 0 spiro atoms. The lowest BCUT2D eigenvalue weighted by molar-refractivity contribution is -0.189. The molecular formula is C20H26F2O6. The summed E-state index contributed by atoms with van der Waals surface area (Å²) in [6.45, 7) is 4.48. The summed E-state index contributed by atoms with van der Waals surface area (Å²) in [5.41, 5.74) is -0.552. The number of ether oxygens (including phenoxy) is 3. The lowest BCUT2D eigenvalue weighted by atomic mass is 9.78. The molecule has 6 unspecified atom stereocenters. The summed E-state index contributed by atoms with van der Waals surface area (Å²) in [5, 5.41) is 0. The maximum absolute atomic E-state index is 13.3. The third-order valence-electron chi connectivity index (χ3n) is 7.23. The van der Waals surface area contributed by atoms with Gasteiger partial charge in [0.1, 0.15) is 17.8 Å². The van der Waals surface area contributed by atoms with Gasteiger partial charge in [0.2, 0.25) is 0 Å². The molecular weight excluding hydrogens is 374 g/mol. The molecule has 0 aromatic heterocycles. The summed E-state index contributed by atoms with van der Waals surface area (Å²) in [5.74, 6) is -8.46. The summed E-state index contributed by atoms with van der Waals surface area (Å²) < 4.78 is 43.0. The lowest BCUT2D eigenvalue weighted by Crippen LogP contribution is -2.48. The molecule has 2 bridgehead atoms. The fourth-order valence-corrected chi connectivity index (χ4v) is 5.73. The van der Waals surface area contributed by atoms with Crippen molar-refractivity contribution in [1.29, 1.82) is 0 Å². The fourth-order valence-electron chi connectivity index (χ4n) is 5.73. The van der Waals surface area contributed by atoms with E-state index in [2.05, 4.69) is 0 Å². The van der Waals surface area contributed by atoms with Crippen LogP contribution in [0, 0.1) is 29.6 Å². The highest BCUT2D eigenvalue weighted by atomic mass is 19.3. The van der Waals surface area contributed by atoms with Crippen LogP contribution in [-0.2, 0) is 28.6 Å². The second kappa shape index (κ2) is 6.39. The Morgan fingerprint density at radius 3 is 2.43 bits per heavy atom. The highest BCUT2D eigenvalue weighted by Crippen LogP contribution is 2.59. The average molecular weight is 400 g/mol. The molecule has 28 heavy (non-hydrogen) atoms. The third kappa shape index (κ3) is 2.82. The second-order valence-electron chi connectivity index (χ2n) is 9.12. The summed E-state index contributed by atoms with van der Waals surface area (Å²) >= 11 is 0. The number of hydrogen-bond acceptors (Lipinski definition) is 6. The van der Waals surface area contributed by atoms with E-state index in [9.17, 15) is 23.2 Å². The molecule has 1 saturated heterocycles. The number of halogens is 2. The topological polar surface area (TPSA) is 78.9 Å². The van der Waals surface area contributed by atoms with Gasteiger partial charge < -0.3 is 14.2 Å². The number of carbonyl (C=O) groups excluding carboxylic acids is 3. The van der Waals surface area contributed by atoms with Crippen LogP contribution >= 0.6 is 0 Å². The Morgan fingerprint density at radius 1 is 1.21 bits per heavy atom. The Bertz CT molecular complexity index is 693. The molecule has 4 fully saturated rings. The first-order valence-electron chi connectivity index (χ1n) is 10.1. The van der Waals surface area contributed by atoms with Gasteiger partial charge in [0, 0.05) is 18.8 Å². The normalized spacial score (nSPS) is 38.0. The molecule has 0 aromatic rings. The van der Waals surface area contributed by atoms with Crippen LogP contribution in [0.1, 0.15) is 52.9 Å². The molecule has 6 nitrogen and oxygen atoms in total. The van der Waals surface area contributed by atoms with E-state index < -0.39 is 59.4 Å². The van der Waals surface area contributed by atoms with Crippen molar-refractivity contribution in [2.75, 3.05) is 0 Å². The summed E-state index contributed by atoms with van der Waals surface area (Å²) in [6, 6.07) is 0. The van der Waals surface area contributed by atoms with Crippen LogP contribution in [0.4, 0.5) is 8.78 Å². The van der Waals surface area contributed by atoms with Gasteiger partial charge in [-0.2, -0.15) is 8.78 Å². The largest absolute Gasteiger partial charge is 0.459 e. The maximum atomic E-state index is 13.3. The van der Waals surface area contributed by atoms with E-state index in [0.717, 1.165) is 25.7 Å². The Labute approximate surface area is 162 Å². The molecule has 0 radical (unpaired) electrons. The van der Waals surface area contributed by atoms with Gasteiger partial charge in [-0.15, -0.1) is 0 Å². The first kappa shape index (κ1) is 19.6. The van der Waals surface area contributed by atoms with E-state index in [-0.39, 0.29) is 11.8 Å². The molecule has 3 saturated carbocycles. The van der Waals surface area contributed by atoms with Crippen LogP contribution in [0.15, 0.2) is 0 Å². The molecule has 4 rings (SSSR count). The van der Waals surface area contributed by atoms with Crippen molar-refractivity contribution in [2.45, 2.75) is 76.6 Å². The second-order valence-corrected chi connectivity index (χ2v) is 9.12. The van der Waals surface area contributed by atoms with Gasteiger partial charge in [-0.1, -0.05) is 13.8 Å². The van der Waals surface area contributed by atoms with Crippen LogP contribution < -0.4 is 0 Å². The van der Waals surface area contributed by atoms with E-state index in [1.807, 2.05) is 13.8 Å². The van der Waals surface area contributed by atoms with Crippen molar-refractivity contribution in [1.82, 2.24) is 0 Å². The molecule has 0 N–H and O–H groups in total. The van der Waals surface area contributed by atoms with Crippen LogP contribution in [0.25, 0.3) is 0 Å². The Hall–Kier alpha value is -1.73. The van der Waals surface area contributed by atoms with E-state index in [1.54, 1.807) is 0 Å². The lowest BCUT2D eigenvalue weighted by Gasteiger charge is -2.37. The Morgan fingerprint density at radius 2 is 1.86 bits per heavy atom. The summed E-state index contributed by atoms with van der Waals surface area (Å²) in [4.78, 5) is 37.2. The minimum Gasteiger partial charge on any atom is -0.459 e. The minimum atomic E-state index is -3.65. The van der Waals surface area contributed by atoms with E-state index in [1.165, 1.54) is 0 Å². The summed E-state index contributed by atoms with van der Waals surface area (Å²) in [6.07, 6.45) is 2.15. The molecule has 0 aromatic carbocycles. The highest BCUT2D eigenvalue weighted by molar-refractivity contribution is 5.86. The molecule has 8 heteroatoms. The van der Waals surface area contributed by atoms with Crippen LogP contribution in [0.2, 0.25) is 0 Å². The number of rotatable bonds is 5. The van der Waals surface area contributed by atoms with Gasteiger partial charge in [0.15, 0.2) is 0 Å². The first-order valence-corrected chi connectivity index (χ1v) is 10.1. The van der Waals surface area contributed by atoms with Crippen LogP contribution in [-0.4, -0.2) is 41.6 Å². The van der Waals surface area contributed by atoms with Gasteiger partial charge in [-0.05, 0) is 38.0 Å². The predicted molar refractivity (Wildman–Crippen MR) is 91.1 cm³/mol. The van der Waals surface area contributed by atoms with Crippen molar-refractivity contribution in [3.63, 3.8) is 0 Å². The van der Waals surface area contributed by atoms with Crippen molar-refractivity contribution in [2.24, 2.45) is 29.6 Å². The van der Waals surface area contributed by atoms with Crippen molar-refractivity contribution >= 4 is 17.9 Å². The monoisotopic (exact) mass is 400 g/mol. The Balaban J connectivity index is 1.56. The number of fused-ring (bicyclic) bond motifs is 1. The predicted octanol–water partition coefficient (Wildman–Crippen LogP) is 2.87. The summed E-state index contributed by atoms with van der Waals surface area (Å²) in [7, 11) is 0. The van der Waals surface area contributed by atoms with E-state index >= 15 is 0 Å². The molecule has 0 amide bonds. The van der Waals surface area contributed by atoms with E-state index in [4.69, 9.17) is 14.2 Å². The quantitative estimate of drug-likeness (QED) is 0.522. The van der Waals surface area contributed by atoms with Crippen molar-refractivity contribution in [3.05, 3.63) is 0 Å². The van der Waals surface area contributed by atoms with Gasteiger partial charge in [0.05, 0.1) is 11.8 Å². The van der Waals surface area contributed by atoms with Crippen molar-refractivity contribution < 1.29 is 37.4 Å². The number of esters is 3. The number of carbonyl (C=O) groups is 3. The standard InChI is InChI=1S/C20H26F2O6/c1-9(2)20(6-4-5-7-20)28-17(24)13-11-8-10-12(13)16(23)26-14(10)15(11)27-18(25)19(3,21)22/h9-15H,4-8H2,1-3H3. The van der Waals surface area contributed by atoms with Gasteiger partial charge in [-0.25, -0.2) is 4.79 Å². The Kier molecular flexibility index (Phi) is 4.47. The third-order valence-corrected chi connectivity index (χ3v) is 7.23. The zero-order valence-corrected chi connectivity index (χ0v) is 16.3. The first-order chi connectivity index (χ1) is 13.0. The van der Waals surface area contributed by atoms with Gasteiger partial charge >= 0.3 is 23.8 Å².